The molecule has 1 saturated heterocycles. The molecule has 0 spiro atoms. The van der Waals surface area contributed by atoms with Crippen molar-refractivity contribution in [3.05, 3.63) is 26.6 Å². The Morgan fingerprint density at radius 1 is 1.37 bits per heavy atom. The number of aryl methyl sites for hydroxylation is 1. The van der Waals surface area contributed by atoms with Crippen LogP contribution in [0.15, 0.2) is 4.79 Å². The van der Waals surface area contributed by atoms with Gasteiger partial charge in [0.2, 0.25) is 5.91 Å². The zero-order valence-corrected chi connectivity index (χ0v) is 17.0. The lowest BCUT2D eigenvalue weighted by atomic mass is 9.89. The lowest BCUT2D eigenvalue weighted by molar-refractivity contribution is -0.694. The Morgan fingerprint density at radius 3 is 3.00 bits per heavy atom. The van der Waals surface area contributed by atoms with Gasteiger partial charge in [-0.1, -0.05) is 6.92 Å². The van der Waals surface area contributed by atoms with E-state index in [1.54, 1.807) is 11.3 Å². The molecule has 146 valence electrons. The number of aromatic amines is 1. The predicted octanol–water partition coefficient (Wildman–Crippen LogP) is 1.75. The van der Waals surface area contributed by atoms with Crippen LogP contribution < -0.4 is 10.9 Å². The molecule has 3 N–H and O–H groups in total. The molecule has 4 rings (SSSR count). The van der Waals surface area contributed by atoms with Crippen LogP contribution in [-0.4, -0.2) is 40.4 Å². The molecule has 2 aliphatic rings. The topological polar surface area (TPSA) is 82.7 Å². The second kappa shape index (κ2) is 7.72. The predicted molar refractivity (Wildman–Crippen MR) is 107 cm³/mol. The molecule has 0 saturated carbocycles. The standard InChI is InChI=1S/C20H28N4O2S/c1-12-6-7-14-15(11-12)27-20-17(14)19(26)22-18(23-20)13(2)21-8-4-10-24-9-3-5-16(24)25/h12-13,21H,3-11H2,1-2H3,(H,22,23,26)/p+1/t12-,13-/m1/s1. The third-order valence-corrected chi connectivity index (χ3v) is 7.09. The molecule has 27 heavy (non-hydrogen) atoms. The van der Waals surface area contributed by atoms with Gasteiger partial charge in [0.05, 0.1) is 11.9 Å². The normalized spacial score (nSPS) is 21.0. The molecule has 0 bridgehead atoms. The first-order valence-electron chi connectivity index (χ1n) is 10.2. The van der Waals surface area contributed by atoms with Gasteiger partial charge in [-0.3, -0.25) is 9.59 Å². The molecule has 0 radical (unpaired) electrons. The summed E-state index contributed by atoms with van der Waals surface area (Å²) in [5.74, 6) is 1.74. The molecule has 6 nitrogen and oxygen atoms in total. The van der Waals surface area contributed by atoms with E-state index in [0.717, 1.165) is 67.8 Å². The molecule has 1 aliphatic carbocycles. The second-order valence-electron chi connectivity index (χ2n) is 8.13. The molecule has 0 unspecified atom stereocenters. The number of rotatable bonds is 6. The van der Waals surface area contributed by atoms with Gasteiger partial charge in [0, 0.05) is 30.8 Å². The molecule has 2 aromatic rings. The summed E-state index contributed by atoms with van der Waals surface area (Å²) in [5, 5.41) is 3.03. The highest BCUT2D eigenvalue weighted by Gasteiger charge is 2.24. The maximum absolute atomic E-state index is 12.7. The smallest absolute Gasteiger partial charge is 0.260 e. The summed E-state index contributed by atoms with van der Waals surface area (Å²) in [6.45, 7) is 7.03. The van der Waals surface area contributed by atoms with Gasteiger partial charge in [-0.05, 0) is 44.1 Å². The average molecular weight is 390 g/mol. The van der Waals surface area contributed by atoms with Gasteiger partial charge in [-0.15, -0.1) is 11.3 Å². The number of thiophene rings is 1. The molecule has 3 heterocycles. The fraction of sp³-hybridized carbons (Fsp3) is 0.650. The van der Waals surface area contributed by atoms with Crippen molar-refractivity contribution >= 4 is 27.5 Å². The molecule has 1 fully saturated rings. The van der Waals surface area contributed by atoms with Crippen molar-refractivity contribution in [3.8, 4) is 0 Å². The van der Waals surface area contributed by atoms with E-state index >= 15 is 0 Å². The van der Waals surface area contributed by atoms with Crippen LogP contribution in [0.5, 0.6) is 0 Å². The average Bonchev–Trinajstić information content (AvgIpc) is 3.21. The van der Waals surface area contributed by atoms with Gasteiger partial charge >= 0.3 is 0 Å². The Morgan fingerprint density at radius 2 is 2.22 bits per heavy atom. The van der Waals surface area contributed by atoms with E-state index < -0.39 is 0 Å². The molecule has 1 aliphatic heterocycles. The van der Waals surface area contributed by atoms with Crippen LogP contribution in [0.1, 0.15) is 61.8 Å². The van der Waals surface area contributed by atoms with Gasteiger partial charge in [0.15, 0.2) is 5.82 Å². The molecule has 1 amide bonds. The van der Waals surface area contributed by atoms with Gasteiger partial charge in [0.25, 0.3) is 5.56 Å². The first-order chi connectivity index (χ1) is 13.0. The zero-order chi connectivity index (χ0) is 19.0. The number of likely N-dealkylation sites (tertiary alicyclic amines) is 1. The number of hydrogen-bond donors (Lipinski definition) is 2. The summed E-state index contributed by atoms with van der Waals surface area (Å²) < 4.78 is 0. The maximum Gasteiger partial charge on any atom is 0.260 e. The largest absolute Gasteiger partial charge is 0.342 e. The number of fused-ring (bicyclic) bond motifs is 3. The van der Waals surface area contributed by atoms with Gasteiger partial charge in [0.1, 0.15) is 10.9 Å². The van der Waals surface area contributed by atoms with E-state index in [4.69, 9.17) is 4.98 Å². The number of nitrogens with zero attached hydrogens (tertiary/aromatic N) is 2. The maximum atomic E-state index is 12.7. The van der Waals surface area contributed by atoms with Crippen molar-refractivity contribution in [2.45, 2.75) is 58.4 Å². The van der Waals surface area contributed by atoms with Crippen molar-refractivity contribution in [1.29, 1.82) is 0 Å². The van der Waals surface area contributed by atoms with Crippen LogP contribution in [-0.2, 0) is 17.6 Å². The second-order valence-corrected chi connectivity index (χ2v) is 9.22. The van der Waals surface area contributed by atoms with E-state index in [-0.39, 0.29) is 17.5 Å². The minimum atomic E-state index is 0.0185. The van der Waals surface area contributed by atoms with Crippen LogP contribution >= 0.6 is 11.3 Å². The van der Waals surface area contributed by atoms with Crippen LogP contribution in [0.3, 0.4) is 0 Å². The Balaban J connectivity index is 1.42. The van der Waals surface area contributed by atoms with Crippen LogP contribution in [0, 0.1) is 5.92 Å². The lowest BCUT2D eigenvalue weighted by Gasteiger charge is -2.17. The van der Waals surface area contributed by atoms with Crippen LogP contribution in [0.25, 0.3) is 10.2 Å². The third kappa shape index (κ3) is 3.80. The summed E-state index contributed by atoms with van der Waals surface area (Å²) >= 11 is 1.71. The highest BCUT2D eigenvalue weighted by Crippen LogP contribution is 2.35. The number of H-pyrrole nitrogens is 1. The quantitative estimate of drug-likeness (QED) is 0.739. The van der Waals surface area contributed by atoms with E-state index in [9.17, 15) is 9.59 Å². The van der Waals surface area contributed by atoms with Gasteiger partial charge < -0.3 is 15.2 Å². The summed E-state index contributed by atoms with van der Waals surface area (Å²) in [6, 6.07) is 0.106. The number of carbonyl (C=O) groups excluding carboxylic acids is 1. The number of amides is 1. The zero-order valence-electron chi connectivity index (χ0n) is 16.2. The molecular formula is C20H29N4O2S+. The minimum Gasteiger partial charge on any atom is -0.342 e. The molecule has 2 atom stereocenters. The van der Waals surface area contributed by atoms with Crippen molar-refractivity contribution in [1.82, 2.24) is 14.9 Å². The summed E-state index contributed by atoms with van der Waals surface area (Å²) in [5.41, 5.74) is 1.25. The monoisotopic (exact) mass is 389 g/mol. The number of nitrogens with one attached hydrogen (secondary N) is 1. The van der Waals surface area contributed by atoms with Crippen molar-refractivity contribution in [2.75, 3.05) is 19.6 Å². The van der Waals surface area contributed by atoms with Crippen molar-refractivity contribution in [3.63, 3.8) is 0 Å². The Bertz CT molecular complexity index is 903. The summed E-state index contributed by atoms with van der Waals surface area (Å²) in [7, 11) is 0. The first kappa shape index (κ1) is 18.6. The summed E-state index contributed by atoms with van der Waals surface area (Å²) in [4.78, 5) is 36.4. The third-order valence-electron chi connectivity index (χ3n) is 5.94. The van der Waals surface area contributed by atoms with Crippen LogP contribution in [0.4, 0.5) is 0 Å². The Labute approximate surface area is 163 Å². The van der Waals surface area contributed by atoms with E-state index in [2.05, 4.69) is 24.1 Å². The highest BCUT2D eigenvalue weighted by molar-refractivity contribution is 7.18. The highest BCUT2D eigenvalue weighted by atomic mass is 32.1. The number of carbonyl (C=O) groups is 1. The van der Waals surface area contributed by atoms with Gasteiger partial charge in [-0.25, -0.2) is 4.98 Å². The SMILES string of the molecule is C[C@@H]1CCc2c(sc3nc([C@@H](C)[NH2+]CCCN4CCCC4=O)[nH]c(=O)c23)C1. The fourth-order valence-electron chi connectivity index (χ4n) is 4.28. The fourth-order valence-corrected chi connectivity index (χ4v) is 5.67. The number of nitrogens with two attached hydrogens (primary N) is 1. The Hall–Kier alpha value is -1.73. The first-order valence-corrected chi connectivity index (χ1v) is 11.0. The number of hydrogen-bond acceptors (Lipinski definition) is 4. The molecule has 7 heteroatoms. The minimum absolute atomic E-state index is 0.0185. The summed E-state index contributed by atoms with van der Waals surface area (Å²) in [6.07, 6.45) is 5.89. The van der Waals surface area contributed by atoms with Gasteiger partial charge in [-0.2, -0.15) is 0 Å². The Kier molecular flexibility index (Phi) is 5.32. The van der Waals surface area contributed by atoms with E-state index in [1.165, 1.54) is 10.4 Å². The number of quaternary nitrogens is 1. The van der Waals surface area contributed by atoms with E-state index in [1.807, 2.05) is 4.90 Å². The van der Waals surface area contributed by atoms with Crippen LogP contribution in [0.2, 0.25) is 0 Å². The molecule has 0 aromatic carbocycles. The number of aromatic nitrogens is 2. The van der Waals surface area contributed by atoms with E-state index in [0.29, 0.717) is 12.3 Å². The lowest BCUT2D eigenvalue weighted by Crippen LogP contribution is -2.85. The molecule has 2 aromatic heterocycles. The molecular weight excluding hydrogens is 360 g/mol. The van der Waals surface area contributed by atoms with Crippen molar-refractivity contribution < 1.29 is 10.1 Å². The van der Waals surface area contributed by atoms with Crippen molar-refractivity contribution in [2.24, 2.45) is 5.92 Å².